The molecule has 5 aromatic rings. The predicted molar refractivity (Wildman–Crippen MR) is 160 cm³/mol. The van der Waals surface area contributed by atoms with Gasteiger partial charge in [0.2, 0.25) is 5.91 Å². The van der Waals surface area contributed by atoms with Crippen LogP contribution in [0.15, 0.2) is 73.4 Å². The minimum Gasteiger partial charge on any atom is -0.368 e. The van der Waals surface area contributed by atoms with E-state index in [2.05, 4.69) is 37.0 Å². The van der Waals surface area contributed by atoms with E-state index in [-0.39, 0.29) is 0 Å². The van der Waals surface area contributed by atoms with E-state index in [4.69, 9.17) is 22.3 Å². The smallest absolute Gasteiger partial charge is 0.248 e. The van der Waals surface area contributed by atoms with Gasteiger partial charge in [-0.05, 0) is 55.8 Å². The Kier molecular flexibility index (Phi) is 9.07. The van der Waals surface area contributed by atoms with Crippen LogP contribution in [-0.2, 0) is 6.54 Å². The van der Waals surface area contributed by atoms with Crippen LogP contribution in [0.5, 0.6) is 0 Å². The number of carbonyl (C=O) groups is 1. The number of primary amides is 1. The number of carbonyl (C=O) groups excluding carboxylic acids is 1. The fraction of sp³-hybridized carbons (Fsp3) is 0.233. The Hall–Kier alpha value is -4.18. The first-order chi connectivity index (χ1) is 19.6. The molecule has 0 radical (unpaired) electrons. The lowest BCUT2D eigenvalue weighted by molar-refractivity contribution is 0.100. The summed E-state index contributed by atoms with van der Waals surface area (Å²) in [5.74, 6) is 0.295. The molecule has 10 heteroatoms. The van der Waals surface area contributed by atoms with Crippen molar-refractivity contribution in [1.82, 2.24) is 30.6 Å². The summed E-state index contributed by atoms with van der Waals surface area (Å²) in [5, 5.41) is 14.0. The molecule has 0 aliphatic rings. The van der Waals surface area contributed by atoms with Gasteiger partial charge in [0.15, 0.2) is 0 Å². The molecular weight excluding hydrogens is 524 g/mol. The molecule has 3 aromatic heterocycles. The van der Waals surface area contributed by atoms with E-state index in [1.165, 1.54) is 0 Å². The summed E-state index contributed by atoms with van der Waals surface area (Å²) in [4.78, 5) is 29.1. The SMILES string of the molecule is NC(=O)c1ccc2c(c1)nc(NCCNCCCCNCc1ccc(-c3cnccn3)c(Cl)c1)c1ccncc12. The van der Waals surface area contributed by atoms with E-state index in [1.807, 2.05) is 30.5 Å². The van der Waals surface area contributed by atoms with E-state index in [1.54, 1.807) is 36.9 Å². The number of hydrogen-bond donors (Lipinski definition) is 4. The predicted octanol–water partition coefficient (Wildman–Crippen LogP) is 4.56. The molecule has 1 amide bonds. The number of pyridine rings is 2. The highest BCUT2D eigenvalue weighted by molar-refractivity contribution is 6.33. The zero-order chi connectivity index (χ0) is 27.7. The molecule has 0 aliphatic heterocycles. The number of halogens is 1. The largest absolute Gasteiger partial charge is 0.368 e. The molecular formula is C30H31ClN8O. The molecule has 0 fully saturated rings. The van der Waals surface area contributed by atoms with Gasteiger partial charge >= 0.3 is 0 Å². The molecule has 204 valence electrons. The number of aromatic nitrogens is 4. The highest BCUT2D eigenvalue weighted by Crippen LogP contribution is 2.29. The third-order valence-corrected chi connectivity index (χ3v) is 6.95. The summed E-state index contributed by atoms with van der Waals surface area (Å²) in [7, 11) is 0. The summed E-state index contributed by atoms with van der Waals surface area (Å²) in [6, 6.07) is 13.3. The Bertz CT molecular complexity index is 1610. The number of nitrogens with one attached hydrogen (secondary N) is 3. The van der Waals surface area contributed by atoms with E-state index < -0.39 is 5.91 Å². The Labute approximate surface area is 237 Å². The second-order valence-electron chi connectivity index (χ2n) is 9.44. The van der Waals surface area contributed by atoms with Gasteiger partial charge in [-0.1, -0.05) is 29.8 Å². The molecule has 0 spiro atoms. The zero-order valence-electron chi connectivity index (χ0n) is 22.0. The average Bonchev–Trinajstić information content (AvgIpc) is 2.98. The summed E-state index contributed by atoms with van der Waals surface area (Å²) in [6.45, 7) is 4.14. The van der Waals surface area contributed by atoms with Gasteiger partial charge < -0.3 is 21.7 Å². The Balaban J connectivity index is 1.02. The molecule has 0 unspecified atom stereocenters. The van der Waals surface area contributed by atoms with Crippen molar-refractivity contribution in [1.29, 1.82) is 0 Å². The molecule has 0 atom stereocenters. The van der Waals surface area contributed by atoms with Crippen LogP contribution in [0.2, 0.25) is 5.02 Å². The molecule has 3 heterocycles. The van der Waals surface area contributed by atoms with Crippen LogP contribution in [0.3, 0.4) is 0 Å². The van der Waals surface area contributed by atoms with Crippen LogP contribution in [0.1, 0.15) is 28.8 Å². The number of anilines is 1. The van der Waals surface area contributed by atoms with Crippen LogP contribution in [-0.4, -0.2) is 52.0 Å². The highest BCUT2D eigenvalue weighted by Gasteiger charge is 2.11. The Morgan fingerprint density at radius 3 is 2.48 bits per heavy atom. The van der Waals surface area contributed by atoms with E-state index in [0.29, 0.717) is 16.1 Å². The summed E-state index contributed by atoms with van der Waals surface area (Å²) < 4.78 is 0. The molecule has 0 saturated heterocycles. The maximum atomic E-state index is 11.6. The van der Waals surface area contributed by atoms with E-state index >= 15 is 0 Å². The van der Waals surface area contributed by atoms with Gasteiger partial charge in [-0.25, -0.2) is 4.98 Å². The molecule has 9 nitrogen and oxygen atoms in total. The third kappa shape index (κ3) is 6.69. The fourth-order valence-electron chi connectivity index (χ4n) is 4.58. The van der Waals surface area contributed by atoms with Crippen LogP contribution in [0.25, 0.3) is 32.9 Å². The number of unbranched alkanes of at least 4 members (excludes halogenated alkanes) is 1. The van der Waals surface area contributed by atoms with Crippen LogP contribution >= 0.6 is 11.6 Å². The number of amides is 1. The second kappa shape index (κ2) is 13.3. The highest BCUT2D eigenvalue weighted by atomic mass is 35.5. The van der Waals surface area contributed by atoms with Crippen molar-refractivity contribution in [3.8, 4) is 11.3 Å². The number of nitrogens with zero attached hydrogens (tertiary/aromatic N) is 4. The lowest BCUT2D eigenvalue weighted by Crippen LogP contribution is -2.24. The number of hydrogen-bond acceptors (Lipinski definition) is 8. The monoisotopic (exact) mass is 554 g/mol. The van der Waals surface area contributed by atoms with Crippen molar-refractivity contribution >= 4 is 45.0 Å². The minimum atomic E-state index is -0.471. The Morgan fingerprint density at radius 1 is 0.825 bits per heavy atom. The number of benzene rings is 2. The zero-order valence-corrected chi connectivity index (χ0v) is 22.8. The second-order valence-corrected chi connectivity index (χ2v) is 9.85. The van der Waals surface area contributed by atoms with Crippen molar-refractivity contribution in [2.24, 2.45) is 5.73 Å². The molecule has 0 aliphatic carbocycles. The first-order valence-corrected chi connectivity index (χ1v) is 13.7. The lowest BCUT2D eigenvalue weighted by Gasteiger charge is -2.12. The molecule has 40 heavy (non-hydrogen) atoms. The van der Waals surface area contributed by atoms with Crippen molar-refractivity contribution in [3.05, 3.63) is 89.6 Å². The molecule has 0 bridgehead atoms. The summed E-state index contributed by atoms with van der Waals surface area (Å²) in [6.07, 6.45) is 10.7. The fourth-order valence-corrected chi connectivity index (χ4v) is 4.88. The number of fused-ring (bicyclic) bond motifs is 3. The number of nitrogens with two attached hydrogens (primary N) is 1. The average molecular weight is 555 g/mol. The molecule has 5 N–H and O–H groups in total. The van der Waals surface area contributed by atoms with E-state index in [9.17, 15) is 4.79 Å². The van der Waals surface area contributed by atoms with Gasteiger partial charge in [-0.15, -0.1) is 0 Å². The maximum Gasteiger partial charge on any atom is 0.248 e. The van der Waals surface area contributed by atoms with Gasteiger partial charge in [0.25, 0.3) is 0 Å². The van der Waals surface area contributed by atoms with Gasteiger partial charge in [-0.2, -0.15) is 0 Å². The summed E-state index contributed by atoms with van der Waals surface area (Å²) in [5.41, 5.74) is 9.40. The topological polar surface area (TPSA) is 131 Å². The van der Waals surface area contributed by atoms with Crippen LogP contribution in [0.4, 0.5) is 5.82 Å². The normalized spacial score (nSPS) is 11.2. The van der Waals surface area contributed by atoms with Gasteiger partial charge in [0.1, 0.15) is 5.82 Å². The third-order valence-electron chi connectivity index (χ3n) is 6.63. The van der Waals surface area contributed by atoms with Crippen molar-refractivity contribution in [3.63, 3.8) is 0 Å². The molecule has 2 aromatic carbocycles. The minimum absolute atomic E-state index is 0.436. The van der Waals surface area contributed by atoms with Crippen molar-refractivity contribution in [2.45, 2.75) is 19.4 Å². The maximum absolute atomic E-state index is 11.6. The van der Waals surface area contributed by atoms with E-state index in [0.717, 1.165) is 84.4 Å². The molecule has 0 saturated carbocycles. The van der Waals surface area contributed by atoms with Crippen molar-refractivity contribution < 1.29 is 4.79 Å². The van der Waals surface area contributed by atoms with Gasteiger partial charge in [-0.3, -0.25) is 19.7 Å². The van der Waals surface area contributed by atoms with Gasteiger partial charge in [0, 0.05) is 71.7 Å². The van der Waals surface area contributed by atoms with Crippen LogP contribution in [0, 0.1) is 0 Å². The lowest BCUT2D eigenvalue weighted by atomic mass is 10.1. The standard InChI is InChI=1S/C30H31ClN8O/c31-26-15-20(3-5-24(26)28-19-36-12-13-37-28)17-34-9-2-1-8-33-11-14-38-30-23-7-10-35-18-25(23)22-6-4-21(29(32)40)16-27(22)39-30/h3-7,10,12-13,15-16,18-19,33-34H,1-2,8-9,11,14,17H2,(H2,32,40)(H,38,39). The van der Waals surface area contributed by atoms with Gasteiger partial charge in [0.05, 0.1) is 22.4 Å². The van der Waals surface area contributed by atoms with Crippen molar-refractivity contribution in [2.75, 3.05) is 31.5 Å². The van der Waals surface area contributed by atoms with Crippen LogP contribution < -0.4 is 21.7 Å². The Morgan fingerprint density at radius 2 is 1.68 bits per heavy atom. The first kappa shape index (κ1) is 27.4. The number of rotatable bonds is 13. The molecule has 5 rings (SSSR count). The summed E-state index contributed by atoms with van der Waals surface area (Å²) >= 11 is 6.47. The quantitative estimate of drug-likeness (QED) is 0.123. The first-order valence-electron chi connectivity index (χ1n) is 13.3.